The summed E-state index contributed by atoms with van der Waals surface area (Å²) in [7, 11) is 0. The molecule has 0 aliphatic carbocycles. The molecule has 2 aromatic rings. The first-order valence-corrected chi connectivity index (χ1v) is 6.83. The molecule has 0 fully saturated rings. The second-order valence-corrected chi connectivity index (χ2v) is 5.03. The van der Waals surface area contributed by atoms with Crippen LogP contribution in [-0.4, -0.2) is 25.5 Å². The van der Waals surface area contributed by atoms with Gasteiger partial charge in [-0.15, -0.1) is 0 Å². The van der Waals surface area contributed by atoms with Crippen LogP contribution in [0.5, 0.6) is 0 Å². The summed E-state index contributed by atoms with van der Waals surface area (Å²) in [5.74, 6) is -0.147. The highest BCUT2D eigenvalue weighted by Gasteiger charge is 2.14. The molecule has 6 nitrogen and oxygen atoms in total. The Bertz CT molecular complexity index is 643. The SMILES string of the molecule is CCn1ncc(NC(=O)Cn2nc(C)c(Cl)c2C)c1C. The fourth-order valence-electron chi connectivity index (χ4n) is 2.04. The third kappa shape index (κ3) is 2.70. The smallest absolute Gasteiger partial charge is 0.246 e. The summed E-state index contributed by atoms with van der Waals surface area (Å²) in [5, 5.41) is 11.9. The lowest BCUT2D eigenvalue weighted by Crippen LogP contribution is -2.20. The molecule has 7 heteroatoms. The molecule has 0 spiro atoms. The van der Waals surface area contributed by atoms with Crippen molar-refractivity contribution in [2.75, 3.05) is 5.32 Å². The molecular weight excluding hydrogens is 278 g/mol. The second kappa shape index (κ2) is 5.66. The Morgan fingerprint density at radius 1 is 1.30 bits per heavy atom. The summed E-state index contributed by atoms with van der Waals surface area (Å²) < 4.78 is 3.43. The zero-order chi connectivity index (χ0) is 14.9. The number of nitrogens with zero attached hydrogens (tertiary/aromatic N) is 4. The minimum Gasteiger partial charge on any atom is -0.322 e. The lowest BCUT2D eigenvalue weighted by atomic mass is 10.3. The van der Waals surface area contributed by atoms with Gasteiger partial charge in [0.05, 0.1) is 34.0 Å². The second-order valence-electron chi connectivity index (χ2n) is 4.65. The normalized spacial score (nSPS) is 10.8. The highest BCUT2D eigenvalue weighted by Crippen LogP contribution is 2.19. The predicted molar refractivity (Wildman–Crippen MR) is 78.0 cm³/mol. The third-order valence-electron chi connectivity index (χ3n) is 3.26. The topological polar surface area (TPSA) is 64.7 Å². The Morgan fingerprint density at radius 3 is 2.50 bits per heavy atom. The molecule has 0 aromatic carbocycles. The molecule has 1 amide bonds. The van der Waals surface area contributed by atoms with E-state index in [1.807, 2.05) is 32.4 Å². The molecule has 20 heavy (non-hydrogen) atoms. The van der Waals surface area contributed by atoms with Crippen molar-refractivity contribution in [3.05, 3.63) is 28.3 Å². The summed E-state index contributed by atoms with van der Waals surface area (Å²) in [6.45, 7) is 8.50. The van der Waals surface area contributed by atoms with Gasteiger partial charge >= 0.3 is 0 Å². The summed E-state index contributed by atoms with van der Waals surface area (Å²) >= 11 is 6.06. The Hall–Kier alpha value is -1.82. The van der Waals surface area contributed by atoms with Crippen molar-refractivity contribution >= 4 is 23.2 Å². The minimum absolute atomic E-state index is 0.135. The molecule has 2 aromatic heterocycles. The first-order chi connectivity index (χ1) is 9.43. The van der Waals surface area contributed by atoms with Crippen molar-refractivity contribution < 1.29 is 4.79 Å². The molecule has 0 unspecified atom stereocenters. The fourth-order valence-corrected chi connectivity index (χ4v) is 2.18. The first-order valence-electron chi connectivity index (χ1n) is 6.45. The van der Waals surface area contributed by atoms with Crippen molar-refractivity contribution in [3.63, 3.8) is 0 Å². The van der Waals surface area contributed by atoms with Gasteiger partial charge in [0.2, 0.25) is 5.91 Å². The molecule has 1 N–H and O–H groups in total. The number of hydrogen-bond donors (Lipinski definition) is 1. The number of halogens is 1. The third-order valence-corrected chi connectivity index (χ3v) is 3.81. The van der Waals surface area contributed by atoms with Crippen LogP contribution in [0, 0.1) is 20.8 Å². The van der Waals surface area contributed by atoms with Crippen LogP contribution in [-0.2, 0) is 17.9 Å². The van der Waals surface area contributed by atoms with Crippen LogP contribution in [0.1, 0.15) is 24.0 Å². The number of hydrogen-bond acceptors (Lipinski definition) is 3. The van der Waals surface area contributed by atoms with E-state index >= 15 is 0 Å². The molecule has 0 saturated heterocycles. The van der Waals surface area contributed by atoms with Crippen molar-refractivity contribution in [1.82, 2.24) is 19.6 Å². The molecule has 0 saturated carbocycles. The number of amides is 1. The van der Waals surface area contributed by atoms with Crippen LogP contribution >= 0.6 is 11.6 Å². The van der Waals surface area contributed by atoms with Gasteiger partial charge in [0.15, 0.2) is 0 Å². The number of aryl methyl sites for hydroxylation is 2. The van der Waals surface area contributed by atoms with E-state index in [4.69, 9.17) is 11.6 Å². The number of nitrogens with one attached hydrogen (secondary N) is 1. The maximum absolute atomic E-state index is 12.1. The average molecular weight is 296 g/mol. The highest BCUT2D eigenvalue weighted by atomic mass is 35.5. The Kier molecular flexibility index (Phi) is 4.13. The maximum atomic E-state index is 12.1. The average Bonchev–Trinajstić information content (AvgIpc) is 2.86. The molecule has 0 bridgehead atoms. The van der Waals surface area contributed by atoms with E-state index in [9.17, 15) is 4.79 Å². The quantitative estimate of drug-likeness (QED) is 0.941. The van der Waals surface area contributed by atoms with Crippen molar-refractivity contribution in [3.8, 4) is 0 Å². The van der Waals surface area contributed by atoms with Crippen LogP contribution in [0.25, 0.3) is 0 Å². The van der Waals surface area contributed by atoms with Gasteiger partial charge in [-0.05, 0) is 27.7 Å². The summed E-state index contributed by atoms with van der Waals surface area (Å²) in [6.07, 6.45) is 1.66. The van der Waals surface area contributed by atoms with Gasteiger partial charge in [-0.1, -0.05) is 11.6 Å². The Morgan fingerprint density at radius 2 is 2.00 bits per heavy atom. The molecule has 2 heterocycles. The van der Waals surface area contributed by atoms with Crippen LogP contribution < -0.4 is 5.32 Å². The number of carbonyl (C=O) groups is 1. The summed E-state index contributed by atoms with van der Waals surface area (Å²) in [6, 6.07) is 0. The van der Waals surface area contributed by atoms with E-state index in [-0.39, 0.29) is 12.5 Å². The van der Waals surface area contributed by atoms with Crippen molar-refractivity contribution in [2.24, 2.45) is 0 Å². The van der Waals surface area contributed by atoms with E-state index in [0.29, 0.717) is 5.02 Å². The van der Waals surface area contributed by atoms with E-state index in [1.54, 1.807) is 10.9 Å². The molecule has 0 radical (unpaired) electrons. The van der Waals surface area contributed by atoms with Gasteiger partial charge in [-0.2, -0.15) is 10.2 Å². The molecule has 0 atom stereocenters. The van der Waals surface area contributed by atoms with E-state index in [0.717, 1.165) is 29.3 Å². The monoisotopic (exact) mass is 295 g/mol. The van der Waals surface area contributed by atoms with Crippen LogP contribution in [0.4, 0.5) is 5.69 Å². The summed E-state index contributed by atoms with van der Waals surface area (Å²) in [4.78, 5) is 12.1. The van der Waals surface area contributed by atoms with E-state index in [1.165, 1.54) is 0 Å². The molecule has 2 rings (SSSR count). The maximum Gasteiger partial charge on any atom is 0.246 e. The molecular formula is C13H18ClN5O. The highest BCUT2D eigenvalue weighted by molar-refractivity contribution is 6.31. The van der Waals surface area contributed by atoms with Gasteiger partial charge in [0.1, 0.15) is 6.54 Å². The van der Waals surface area contributed by atoms with Crippen molar-refractivity contribution in [1.29, 1.82) is 0 Å². The lowest BCUT2D eigenvalue weighted by molar-refractivity contribution is -0.116. The van der Waals surface area contributed by atoms with Gasteiger partial charge < -0.3 is 5.32 Å². The lowest BCUT2D eigenvalue weighted by Gasteiger charge is -2.06. The standard InChI is InChI=1S/C13H18ClN5O/c1-5-18-9(3)11(6-15-18)16-12(20)7-19-10(4)13(14)8(2)17-19/h6H,5,7H2,1-4H3,(H,16,20). The molecule has 0 aliphatic heterocycles. The van der Waals surface area contributed by atoms with Crippen LogP contribution in [0.2, 0.25) is 5.02 Å². The number of aromatic nitrogens is 4. The van der Waals surface area contributed by atoms with Gasteiger partial charge in [0, 0.05) is 6.54 Å². The van der Waals surface area contributed by atoms with E-state index in [2.05, 4.69) is 15.5 Å². The Balaban J connectivity index is 2.09. The number of carbonyl (C=O) groups excluding carboxylic acids is 1. The number of rotatable bonds is 4. The predicted octanol–water partition coefficient (Wildman–Crippen LogP) is 2.32. The summed E-state index contributed by atoms with van der Waals surface area (Å²) in [5.41, 5.74) is 3.18. The zero-order valence-electron chi connectivity index (χ0n) is 12.1. The minimum atomic E-state index is -0.147. The first kappa shape index (κ1) is 14.6. The Labute approximate surface area is 122 Å². The van der Waals surface area contributed by atoms with Crippen LogP contribution in [0.15, 0.2) is 6.20 Å². The fraction of sp³-hybridized carbons (Fsp3) is 0.462. The van der Waals surface area contributed by atoms with Gasteiger partial charge in [0.25, 0.3) is 0 Å². The van der Waals surface area contributed by atoms with Gasteiger partial charge in [-0.25, -0.2) is 0 Å². The van der Waals surface area contributed by atoms with E-state index < -0.39 is 0 Å². The van der Waals surface area contributed by atoms with Gasteiger partial charge in [-0.3, -0.25) is 14.2 Å². The van der Waals surface area contributed by atoms with Crippen molar-refractivity contribution in [2.45, 2.75) is 40.8 Å². The molecule has 0 aliphatic rings. The van der Waals surface area contributed by atoms with Crippen LogP contribution in [0.3, 0.4) is 0 Å². The largest absolute Gasteiger partial charge is 0.322 e. The number of anilines is 1. The zero-order valence-corrected chi connectivity index (χ0v) is 12.8. The molecule has 108 valence electrons.